The number of hydrogen-bond acceptors (Lipinski definition) is 4. The maximum absolute atomic E-state index is 12.7. The van der Waals surface area contributed by atoms with E-state index in [1.165, 1.54) is 24.3 Å². The molecule has 0 aliphatic carbocycles. The van der Waals surface area contributed by atoms with Gasteiger partial charge in [-0.2, -0.15) is 0 Å². The molecule has 1 N–H and O–H groups in total. The van der Waals surface area contributed by atoms with Crippen LogP contribution in [0.4, 0.5) is 4.39 Å². The van der Waals surface area contributed by atoms with Crippen LogP contribution in [0.25, 0.3) is 0 Å². The van der Waals surface area contributed by atoms with Crippen LogP contribution in [0.1, 0.15) is 5.82 Å². The zero-order valence-corrected chi connectivity index (χ0v) is 10.3. The third kappa shape index (κ3) is 3.77. The summed E-state index contributed by atoms with van der Waals surface area (Å²) in [6.07, 6.45) is 1.55. The van der Waals surface area contributed by atoms with Gasteiger partial charge in [0.1, 0.15) is 17.9 Å². The summed E-state index contributed by atoms with van der Waals surface area (Å²) in [5, 5.41) is 10.2. The summed E-state index contributed by atoms with van der Waals surface area (Å²) in [5.74, 6) is 0.455. The zero-order chi connectivity index (χ0) is 13.7. The van der Waals surface area contributed by atoms with E-state index in [9.17, 15) is 9.18 Å². The molecule has 1 amide bonds. The lowest BCUT2D eigenvalue weighted by atomic mass is 10.3. The SMILES string of the molecule is Cn1cnnc1CNC(=O)COc1ccc(F)cc1. The van der Waals surface area contributed by atoms with Crippen molar-refractivity contribution >= 4 is 5.91 Å². The van der Waals surface area contributed by atoms with Gasteiger partial charge in [0.05, 0.1) is 6.54 Å². The maximum atomic E-state index is 12.7. The summed E-state index contributed by atoms with van der Waals surface area (Å²) in [5.41, 5.74) is 0. The smallest absolute Gasteiger partial charge is 0.258 e. The number of ether oxygens (including phenoxy) is 1. The summed E-state index contributed by atoms with van der Waals surface area (Å²) < 4.78 is 19.6. The second kappa shape index (κ2) is 5.94. The number of aryl methyl sites for hydroxylation is 1. The van der Waals surface area contributed by atoms with E-state index >= 15 is 0 Å². The quantitative estimate of drug-likeness (QED) is 0.861. The van der Waals surface area contributed by atoms with E-state index in [2.05, 4.69) is 15.5 Å². The first-order valence-electron chi connectivity index (χ1n) is 5.63. The van der Waals surface area contributed by atoms with Crippen molar-refractivity contribution in [1.29, 1.82) is 0 Å². The molecule has 0 radical (unpaired) electrons. The van der Waals surface area contributed by atoms with Crippen molar-refractivity contribution in [2.24, 2.45) is 7.05 Å². The van der Waals surface area contributed by atoms with Crippen LogP contribution in [-0.2, 0) is 18.4 Å². The van der Waals surface area contributed by atoms with Gasteiger partial charge in [0, 0.05) is 7.05 Å². The lowest BCUT2D eigenvalue weighted by Gasteiger charge is -2.07. The number of amides is 1. The molecular formula is C12H13FN4O2. The molecule has 0 aliphatic heterocycles. The summed E-state index contributed by atoms with van der Waals surface area (Å²) >= 11 is 0. The number of aromatic nitrogens is 3. The van der Waals surface area contributed by atoms with E-state index in [1.54, 1.807) is 17.9 Å². The van der Waals surface area contributed by atoms with Gasteiger partial charge in [0.25, 0.3) is 5.91 Å². The highest BCUT2D eigenvalue weighted by molar-refractivity contribution is 5.77. The molecule has 0 atom stereocenters. The molecule has 1 aromatic heterocycles. The van der Waals surface area contributed by atoms with Crippen molar-refractivity contribution in [3.8, 4) is 5.75 Å². The van der Waals surface area contributed by atoms with E-state index in [0.717, 1.165) is 0 Å². The molecule has 0 aliphatic rings. The molecule has 7 heteroatoms. The first kappa shape index (κ1) is 13.0. The largest absolute Gasteiger partial charge is 0.484 e. The van der Waals surface area contributed by atoms with Crippen LogP contribution >= 0.6 is 0 Å². The van der Waals surface area contributed by atoms with Crippen molar-refractivity contribution < 1.29 is 13.9 Å². The summed E-state index contributed by atoms with van der Waals surface area (Å²) in [6, 6.07) is 5.47. The minimum atomic E-state index is -0.348. The summed E-state index contributed by atoms with van der Waals surface area (Å²) in [4.78, 5) is 11.5. The van der Waals surface area contributed by atoms with Crippen LogP contribution in [0.2, 0.25) is 0 Å². The highest BCUT2D eigenvalue weighted by Crippen LogP contribution is 2.10. The zero-order valence-electron chi connectivity index (χ0n) is 10.3. The van der Waals surface area contributed by atoms with Crippen LogP contribution in [0.3, 0.4) is 0 Å². The van der Waals surface area contributed by atoms with E-state index < -0.39 is 0 Å². The van der Waals surface area contributed by atoms with Crippen molar-refractivity contribution in [1.82, 2.24) is 20.1 Å². The van der Waals surface area contributed by atoms with E-state index in [0.29, 0.717) is 11.6 Å². The molecule has 0 bridgehead atoms. The minimum Gasteiger partial charge on any atom is -0.484 e. The Hall–Kier alpha value is -2.44. The molecule has 0 spiro atoms. The number of benzene rings is 1. The second-order valence-electron chi connectivity index (χ2n) is 3.88. The molecule has 6 nitrogen and oxygen atoms in total. The summed E-state index contributed by atoms with van der Waals surface area (Å²) in [6.45, 7) is 0.144. The highest BCUT2D eigenvalue weighted by Gasteiger charge is 2.05. The molecule has 2 rings (SSSR count). The number of rotatable bonds is 5. The Morgan fingerprint density at radius 1 is 1.42 bits per heavy atom. The molecule has 100 valence electrons. The normalized spacial score (nSPS) is 10.2. The Kier molecular flexibility index (Phi) is 4.07. The molecule has 0 unspecified atom stereocenters. The number of nitrogens with one attached hydrogen (secondary N) is 1. The average molecular weight is 264 g/mol. The van der Waals surface area contributed by atoms with E-state index in [-0.39, 0.29) is 24.9 Å². The first-order valence-corrected chi connectivity index (χ1v) is 5.63. The molecule has 1 aromatic carbocycles. The predicted octanol–water partition coefficient (Wildman–Crippen LogP) is 0.649. The maximum Gasteiger partial charge on any atom is 0.258 e. The Labute approximate surface area is 109 Å². The van der Waals surface area contributed by atoms with Crippen molar-refractivity contribution in [2.45, 2.75) is 6.54 Å². The van der Waals surface area contributed by atoms with Gasteiger partial charge in [0.15, 0.2) is 12.4 Å². The lowest BCUT2D eigenvalue weighted by Crippen LogP contribution is -2.29. The second-order valence-corrected chi connectivity index (χ2v) is 3.88. The fraction of sp³-hybridized carbons (Fsp3) is 0.250. The molecule has 0 saturated heterocycles. The van der Waals surface area contributed by atoms with Crippen molar-refractivity contribution in [3.05, 3.63) is 42.2 Å². The third-order valence-corrected chi connectivity index (χ3v) is 2.43. The average Bonchev–Trinajstić information content (AvgIpc) is 2.81. The molecule has 19 heavy (non-hydrogen) atoms. The van der Waals surface area contributed by atoms with Crippen molar-refractivity contribution in [3.63, 3.8) is 0 Å². The van der Waals surface area contributed by atoms with Crippen LogP contribution in [0, 0.1) is 5.82 Å². The molecule has 1 heterocycles. The molecule has 2 aromatic rings. The Balaban J connectivity index is 1.76. The number of carbonyl (C=O) groups excluding carboxylic acids is 1. The van der Waals surface area contributed by atoms with Crippen molar-refractivity contribution in [2.75, 3.05) is 6.61 Å². The highest BCUT2D eigenvalue weighted by atomic mass is 19.1. The number of carbonyl (C=O) groups is 1. The van der Waals surface area contributed by atoms with Crippen LogP contribution < -0.4 is 10.1 Å². The fourth-order valence-electron chi connectivity index (χ4n) is 1.38. The van der Waals surface area contributed by atoms with Crippen LogP contribution in [-0.4, -0.2) is 27.3 Å². The topological polar surface area (TPSA) is 69.0 Å². The van der Waals surface area contributed by atoms with Crippen LogP contribution in [0.5, 0.6) is 5.75 Å². The first-order chi connectivity index (χ1) is 9.15. The van der Waals surface area contributed by atoms with Gasteiger partial charge in [-0.1, -0.05) is 0 Å². The van der Waals surface area contributed by atoms with Gasteiger partial charge in [-0.05, 0) is 24.3 Å². The Morgan fingerprint density at radius 2 is 2.16 bits per heavy atom. The number of halogens is 1. The minimum absolute atomic E-state index is 0.135. The number of nitrogens with zero attached hydrogens (tertiary/aromatic N) is 3. The third-order valence-electron chi connectivity index (χ3n) is 2.43. The van der Waals surface area contributed by atoms with Gasteiger partial charge in [-0.15, -0.1) is 10.2 Å². The van der Waals surface area contributed by atoms with Gasteiger partial charge in [-0.25, -0.2) is 4.39 Å². The monoisotopic (exact) mass is 264 g/mol. The Bertz CT molecular complexity index is 553. The predicted molar refractivity (Wildman–Crippen MR) is 64.7 cm³/mol. The van der Waals surface area contributed by atoms with Crippen LogP contribution in [0.15, 0.2) is 30.6 Å². The lowest BCUT2D eigenvalue weighted by molar-refractivity contribution is -0.123. The number of hydrogen-bond donors (Lipinski definition) is 1. The molecule has 0 fully saturated rings. The summed E-state index contributed by atoms with van der Waals surface area (Å²) in [7, 11) is 1.79. The van der Waals surface area contributed by atoms with Gasteiger partial charge >= 0.3 is 0 Å². The Morgan fingerprint density at radius 3 is 2.79 bits per heavy atom. The standard InChI is InChI=1S/C12H13FN4O2/c1-17-8-15-16-11(17)6-14-12(18)7-19-10-4-2-9(13)3-5-10/h2-5,8H,6-7H2,1H3,(H,14,18). The van der Waals surface area contributed by atoms with Gasteiger partial charge < -0.3 is 14.6 Å². The molecular weight excluding hydrogens is 251 g/mol. The van der Waals surface area contributed by atoms with E-state index in [4.69, 9.17) is 4.74 Å². The molecule has 0 saturated carbocycles. The van der Waals surface area contributed by atoms with E-state index in [1.807, 2.05) is 0 Å². The van der Waals surface area contributed by atoms with Gasteiger partial charge in [0.2, 0.25) is 0 Å². The fourth-order valence-corrected chi connectivity index (χ4v) is 1.38. The van der Waals surface area contributed by atoms with Gasteiger partial charge in [-0.3, -0.25) is 4.79 Å².